The second kappa shape index (κ2) is 6.78. The second-order valence-corrected chi connectivity index (χ2v) is 6.09. The topological polar surface area (TPSA) is 59.7 Å². The van der Waals surface area contributed by atoms with E-state index in [1.165, 1.54) is 11.4 Å². The van der Waals surface area contributed by atoms with Crippen LogP contribution >= 0.6 is 0 Å². The Morgan fingerprint density at radius 3 is 2.50 bits per heavy atom. The molecule has 0 aromatic carbocycles. The molecular weight excluding hydrogens is 300 g/mol. The molecule has 1 saturated heterocycles. The average Bonchev–Trinajstić information content (AvgIpc) is 3.11. The van der Waals surface area contributed by atoms with Gasteiger partial charge >= 0.3 is 0 Å². The van der Waals surface area contributed by atoms with E-state index in [0.29, 0.717) is 5.92 Å². The van der Waals surface area contributed by atoms with Crippen LogP contribution < -0.4 is 4.90 Å². The van der Waals surface area contributed by atoms with Crippen molar-refractivity contribution in [1.82, 2.24) is 24.5 Å². The maximum atomic E-state index is 4.63. The Morgan fingerprint density at radius 1 is 0.917 bits per heavy atom. The lowest BCUT2D eigenvalue weighted by atomic mass is 9.96. The van der Waals surface area contributed by atoms with Gasteiger partial charge in [-0.05, 0) is 30.5 Å². The van der Waals surface area contributed by atoms with E-state index in [4.69, 9.17) is 0 Å². The number of nitrogens with zero attached hydrogens (tertiary/aromatic N) is 6. The number of hydrogen-bond donors (Lipinski definition) is 0. The van der Waals surface area contributed by atoms with Gasteiger partial charge in [0.1, 0.15) is 11.6 Å². The molecule has 1 fully saturated rings. The van der Waals surface area contributed by atoms with Crippen LogP contribution in [0.5, 0.6) is 0 Å². The first-order valence-electron chi connectivity index (χ1n) is 8.31. The van der Waals surface area contributed by atoms with Gasteiger partial charge in [0.25, 0.3) is 0 Å². The first-order valence-corrected chi connectivity index (χ1v) is 8.31. The van der Waals surface area contributed by atoms with Gasteiger partial charge in [0.15, 0.2) is 0 Å². The summed E-state index contributed by atoms with van der Waals surface area (Å²) in [7, 11) is 0. The van der Waals surface area contributed by atoms with Gasteiger partial charge in [-0.25, -0.2) is 9.97 Å². The zero-order chi connectivity index (χ0) is 16.2. The fourth-order valence-corrected chi connectivity index (χ4v) is 3.32. The van der Waals surface area contributed by atoms with Crippen LogP contribution in [0.1, 0.15) is 30.1 Å². The highest BCUT2D eigenvalue weighted by Gasteiger charge is 2.24. The molecule has 1 aliphatic rings. The smallest absolute Gasteiger partial charge is 0.147 e. The Kier molecular flexibility index (Phi) is 4.18. The maximum absolute atomic E-state index is 4.63. The van der Waals surface area contributed by atoms with Crippen molar-refractivity contribution in [2.45, 2.75) is 25.3 Å². The van der Waals surface area contributed by atoms with E-state index in [1.54, 1.807) is 12.4 Å². The Balaban J connectivity index is 1.44. The van der Waals surface area contributed by atoms with E-state index >= 15 is 0 Å². The fraction of sp³-hybridized carbons (Fsp3) is 0.333. The van der Waals surface area contributed by atoms with Crippen LogP contribution in [0.4, 0.5) is 5.82 Å². The highest BCUT2D eigenvalue weighted by Crippen LogP contribution is 2.29. The van der Waals surface area contributed by atoms with Crippen LogP contribution in [-0.2, 0) is 6.54 Å². The number of piperidine rings is 1. The summed E-state index contributed by atoms with van der Waals surface area (Å²) in [6.07, 6.45) is 15.1. The predicted molar refractivity (Wildman–Crippen MR) is 91.8 cm³/mol. The summed E-state index contributed by atoms with van der Waals surface area (Å²) in [5.41, 5.74) is 1.25. The molecule has 0 aliphatic carbocycles. The Hall–Kier alpha value is -2.76. The van der Waals surface area contributed by atoms with Crippen molar-refractivity contribution >= 4 is 5.82 Å². The molecule has 0 amide bonds. The van der Waals surface area contributed by atoms with Gasteiger partial charge in [-0.3, -0.25) is 9.97 Å². The molecule has 0 saturated carbocycles. The Bertz CT molecular complexity index is 762. The summed E-state index contributed by atoms with van der Waals surface area (Å²) < 4.78 is 2.26. The zero-order valence-electron chi connectivity index (χ0n) is 13.5. The van der Waals surface area contributed by atoms with Crippen molar-refractivity contribution in [3.8, 4) is 0 Å². The SMILES string of the molecule is c1cc(Cn2ccnc2C2CCN(c3cnccn3)CC2)ccn1. The minimum atomic E-state index is 0.495. The van der Waals surface area contributed by atoms with E-state index in [-0.39, 0.29) is 0 Å². The molecule has 1 aliphatic heterocycles. The van der Waals surface area contributed by atoms with Crippen molar-refractivity contribution in [1.29, 1.82) is 0 Å². The van der Waals surface area contributed by atoms with Crippen LogP contribution in [-0.4, -0.2) is 37.6 Å². The van der Waals surface area contributed by atoms with Gasteiger partial charge in [0.2, 0.25) is 0 Å². The van der Waals surface area contributed by atoms with Crippen molar-refractivity contribution in [3.63, 3.8) is 0 Å². The third-order valence-electron chi connectivity index (χ3n) is 4.58. The molecule has 4 rings (SSSR count). The maximum Gasteiger partial charge on any atom is 0.147 e. The number of anilines is 1. The van der Waals surface area contributed by atoms with Crippen LogP contribution in [0.3, 0.4) is 0 Å². The van der Waals surface area contributed by atoms with Crippen LogP contribution in [0, 0.1) is 0 Å². The third kappa shape index (κ3) is 3.13. The summed E-state index contributed by atoms with van der Waals surface area (Å²) in [4.78, 5) is 19.6. The summed E-state index contributed by atoms with van der Waals surface area (Å²) in [6, 6.07) is 4.11. The lowest BCUT2D eigenvalue weighted by Gasteiger charge is -2.32. The molecule has 4 heterocycles. The fourth-order valence-electron chi connectivity index (χ4n) is 3.32. The lowest BCUT2D eigenvalue weighted by Crippen LogP contribution is -2.34. The minimum absolute atomic E-state index is 0.495. The second-order valence-electron chi connectivity index (χ2n) is 6.09. The number of hydrogen-bond acceptors (Lipinski definition) is 5. The molecule has 6 heteroatoms. The highest BCUT2D eigenvalue weighted by molar-refractivity contribution is 5.35. The van der Waals surface area contributed by atoms with Gasteiger partial charge in [-0.1, -0.05) is 0 Å². The van der Waals surface area contributed by atoms with E-state index in [0.717, 1.165) is 38.3 Å². The molecule has 3 aromatic heterocycles. The number of rotatable bonds is 4. The summed E-state index contributed by atoms with van der Waals surface area (Å²) in [5.74, 6) is 2.65. The molecule has 0 N–H and O–H groups in total. The van der Waals surface area contributed by atoms with Gasteiger partial charge in [0, 0.05) is 62.7 Å². The van der Waals surface area contributed by atoms with Crippen molar-refractivity contribution in [3.05, 3.63) is 66.9 Å². The van der Waals surface area contributed by atoms with E-state index in [9.17, 15) is 0 Å². The zero-order valence-corrected chi connectivity index (χ0v) is 13.5. The normalized spacial score (nSPS) is 15.6. The molecule has 0 bridgehead atoms. The molecule has 0 atom stereocenters. The highest BCUT2D eigenvalue weighted by atomic mass is 15.2. The number of aromatic nitrogens is 5. The van der Waals surface area contributed by atoms with E-state index < -0.39 is 0 Å². The van der Waals surface area contributed by atoms with E-state index in [2.05, 4.69) is 47.7 Å². The number of pyridine rings is 1. The molecule has 0 spiro atoms. The minimum Gasteiger partial charge on any atom is -0.355 e. The largest absolute Gasteiger partial charge is 0.355 e. The van der Waals surface area contributed by atoms with Gasteiger partial charge < -0.3 is 9.47 Å². The lowest BCUT2D eigenvalue weighted by molar-refractivity contribution is 0.468. The summed E-state index contributed by atoms with van der Waals surface area (Å²) >= 11 is 0. The summed E-state index contributed by atoms with van der Waals surface area (Å²) in [5, 5.41) is 0. The standard InChI is InChI=1S/C18H20N6/c1-5-19-6-2-15(1)14-24-12-9-22-18(24)16-3-10-23(11-4-16)17-13-20-7-8-21-17/h1-2,5-9,12-13,16H,3-4,10-11,14H2. The Morgan fingerprint density at radius 2 is 1.75 bits per heavy atom. The quantitative estimate of drug-likeness (QED) is 0.739. The van der Waals surface area contributed by atoms with Crippen molar-refractivity contribution in [2.24, 2.45) is 0 Å². The molecule has 122 valence electrons. The van der Waals surface area contributed by atoms with Crippen molar-refractivity contribution < 1.29 is 0 Å². The van der Waals surface area contributed by atoms with Gasteiger partial charge in [-0.2, -0.15) is 0 Å². The van der Waals surface area contributed by atoms with Crippen LogP contribution in [0.25, 0.3) is 0 Å². The average molecular weight is 320 g/mol. The van der Waals surface area contributed by atoms with Crippen LogP contribution in [0.15, 0.2) is 55.5 Å². The monoisotopic (exact) mass is 320 g/mol. The molecule has 3 aromatic rings. The number of imidazole rings is 1. The third-order valence-corrected chi connectivity index (χ3v) is 4.58. The first-order chi connectivity index (χ1) is 11.9. The summed E-state index contributed by atoms with van der Waals surface area (Å²) in [6.45, 7) is 2.83. The van der Waals surface area contributed by atoms with Crippen molar-refractivity contribution in [2.75, 3.05) is 18.0 Å². The van der Waals surface area contributed by atoms with Gasteiger partial charge in [-0.15, -0.1) is 0 Å². The Labute approximate surface area is 141 Å². The molecular formula is C18H20N6. The molecule has 6 nitrogen and oxygen atoms in total. The molecule has 0 unspecified atom stereocenters. The first kappa shape index (κ1) is 14.8. The molecule has 0 radical (unpaired) electrons. The molecule has 24 heavy (non-hydrogen) atoms. The van der Waals surface area contributed by atoms with E-state index in [1.807, 2.05) is 24.8 Å². The van der Waals surface area contributed by atoms with Crippen LogP contribution in [0.2, 0.25) is 0 Å². The predicted octanol–water partition coefficient (Wildman–Crippen LogP) is 2.50. The van der Waals surface area contributed by atoms with Gasteiger partial charge in [0.05, 0.1) is 6.20 Å².